The average Bonchev–Trinajstić information content (AvgIpc) is 3.65. The number of benzene rings is 3. The molecule has 0 unspecified atom stereocenters. The summed E-state index contributed by atoms with van der Waals surface area (Å²) in [5.74, 6) is 0.559. The van der Waals surface area contributed by atoms with Crippen LogP contribution < -0.4 is 0 Å². The molecular weight excluding hydrogens is 462 g/mol. The van der Waals surface area contributed by atoms with Gasteiger partial charge in [0.1, 0.15) is 5.58 Å². The van der Waals surface area contributed by atoms with Gasteiger partial charge in [0.2, 0.25) is 5.78 Å². The second-order valence-electron chi connectivity index (χ2n) is 10.2. The second kappa shape index (κ2) is 9.81. The molecule has 0 spiro atoms. The summed E-state index contributed by atoms with van der Waals surface area (Å²) < 4.78 is 5.81. The van der Waals surface area contributed by atoms with E-state index in [1.807, 2.05) is 48.5 Å². The number of hydrogen-bond acceptors (Lipinski definition) is 5. The fraction of sp³-hybridized carbons (Fsp3) is 0.281. The summed E-state index contributed by atoms with van der Waals surface area (Å²) in [7, 11) is 0. The standard InChI is InChI=1S/C32H29NO4/c1-20(34)37-33-29(15-10-21-6-2-3-7-21)22-11-13-27-25(16-22)18-26-17-24(12-14-28(26)27)32(35)31-19-23-8-4-5-9-30(23)36-31/h4-5,8-9,11-14,16-17,19,21H,2-3,6-7,10,15,18H2,1H3. The zero-order chi connectivity index (χ0) is 25.4. The summed E-state index contributed by atoms with van der Waals surface area (Å²) in [6.45, 7) is 1.38. The van der Waals surface area contributed by atoms with E-state index in [1.165, 1.54) is 43.7 Å². The number of para-hydroxylation sites is 1. The number of carbonyl (C=O) groups is 2. The Hall–Kier alpha value is -3.99. The van der Waals surface area contributed by atoms with Gasteiger partial charge in [-0.2, -0.15) is 0 Å². The lowest BCUT2D eigenvalue weighted by Crippen LogP contribution is -2.07. The molecule has 0 saturated heterocycles. The van der Waals surface area contributed by atoms with Crippen molar-refractivity contribution in [3.8, 4) is 11.1 Å². The highest BCUT2D eigenvalue weighted by Crippen LogP contribution is 2.38. The molecule has 1 heterocycles. The highest BCUT2D eigenvalue weighted by Gasteiger charge is 2.23. The van der Waals surface area contributed by atoms with Gasteiger partial charge in [-0.05, 0) is 77.3 Å². The Morgan fingerprint density at radius 1 is 0.919 bits per heavy atom. The van der Waals surface area contributed by atoms with Crippen LogP contribution in [0.25, 0.3) is 22.1 Å². The molecule has 0 radical (unpaired) electrons. The highest BCUT2D eigenvalue weighted by atomic mass is 16.7. The molecule has 186 valence electrons. The number of rotatable bonds is 7. The van der Waals surface area contributed by atoms with E-state index in [0.29, 0.717) is 16.9 Å². The number of fused-ring (bicyclic) bond motifs is 4. The van der Waals surface area contributed by atoms with Crippen molar-refractivity contribution in [1.29, 1.82) is 0 Å². The molecule has 1 fully saturated rings. The molecule has 0 aliphatic heterocycles. The van der Waals surface area contributed by atoms with Gasteiger partial charge in [-0.1, -0.05) is 73.3 Å². The van der Waals surface area contributed by atoms with Crippen LogP contribution in [0.1, 0.15) is 78.3 Å². The molecule has 6 rings (SSSR count). The molecular formula is C32H29NO4. The van der Waals surface area contributed by atoms with Crippen molar-refractivity contribution in [2.24, 2.45) is 11.1 Å². The monoisotopic (exact) mass is 491 g/mol. The van der Waals surface area contributed by atoms with E-state index in [0.717, 1.165) is 53.0 Å². The lowest BCUT2D eigenvalue weighted by molar-refractivity contribution is -0.140. The molecule has 1 saturated carbocycles. The van der Waals surface area contributed by atoms with Crippen LogP contribution in [0.5, 0.6) is 0 Å². The van der Waals surface area contributed by atoms with Crippen molar-refractivity contribution in [3.05, 3.63) is 94.7 Å². The Kier molecular flexibility index (Phi) is 6.21. The van der Waals surface area contributed by atoms with Crippen LogP contribution in [0, 0.1) is 5.92 Å². The van der Waals surface area contributed by atoms with Crippen molar-refractivity contribution in [1.82, 2.24) is 0 Å². The summed E-state index contributed by atoms with van der Waals surface area (Å²) in [5.41, 5.74) is 7.78. The molecule has 37 heavy (non-hydrogen) atoms. The topological polar surface area (TPSA) is 68.9 Å². The van der Waals surface area contributed by atoms with E-state index in [-0.39, 0.29) is 5.78 Å². The van der Waals surface area contributed by atoms with E-state index in [9.17, 15) is 9.59 Å². The number of oxime groups is 1. The number of ketones is 1. The summed E-state index contributed by atoms with van der Waals surface area (Å²) in [6, 6.07) is 21.7. The summed E-state index contributed by atoms with van der Waals surface area (Å²) in [4.78, 5) is 29.7. The largest absolute Gasteiger partial charge is 0.453 e. The van der Waals surface area contributed by atoms with Crippen LogP contribution >= 0.6 is 0 Å². The third-order valence-corrected chi connectivity index (χ3v) is 7.67. The maximum Gasteiger partial charge on any atom is 0.331 e. The third kappa shape index (κ3) is 4.74. The fourth-order valence-corrected chi connectivity index (χ4v) is 5.77. The maximum atomic E-state index is 13.2. The molecule has 0 amide bonds. The van der Waals surface area contributed by atoms with Crippen molar-refractivity contribution < 1.29 is 18.8 Å². The number of hydrogen-bond donors (Lipinski definition) is 0. The number of furan rings is 1. The minimum Gasteiger partial charge on any atom is -0.453 e. The number of nitrogens with zero attached hydrogens (tertiary/aromatic N) is 1. The minimum atomic E-state index is -0.409. The van der Waals surface area contributed by atoms with Crippen LogP contribution in [0.2, 0.25) is 0 Å². The van der Waals surface area contributed by atoms with Crippen molar-refractivity contribution in [2.45, 2.75) is 51.9 Å². The van der Waals surface area contributed by atoms with Crippen LogP contribution in [0.4, 0.5) is 0 Å². The zero-order valence-corrected chi connectivity index (χ0v) is 21.0. The minimum absolute atomic E-state index is 0.113. The third-order valence-electron chi connectivity index (χ3n) is 7.67. The van der Waals surface area contributed by atoms with Gasteiger partial charge in [-0.25, -0.2) is 4.79 Å². The quantitative estimate of drug-likeness (QED) is 0.102. The van der Waals surface area contributed by atoms with Gasteiger partial charge in [-0.3, -0.25) is 4.79 Å². The molecule has 5 nitrogen and oxygen atoms in total. The van der Waals surface area contributed by atoms with E-state index >= 15 is 0 Å². The second-order valence-corrected chi connectivity index (χ2v) is 10.2. The Balaban J connectivity index is 1.25. The SMILES string of the molecule is CC(=O)ON=C(CCC1CCCC1)c1ccc2c(c1)Cc1cc(C(=O)c3cc4ccccc4o3)ccc1-2. The van der Waals surface area contributed by atoms with E-state index in [4.69, 9.17) is 9.25 Å². The van der Waals surface area contributed by atoms with Crippen molar-refractivity contribution in [2.75, 3.05) is 0 Å². The Morgan fingerprint density at radius 3 is 2.35 bits per heavy atom. The number of carbonyl (C=O) groups excluding carboxylic acids is 2. The molecule has 2 aliphatic carbocycles. The Labute approximate surface area is 216 Å². The normalized spacial score (nSPS) is 15.1. The lowest BCUT2D eigenvalue weighted by atomic mass is 9.95. The first-order valence-corrected chi connectivity index (χ1v) is 13.1. The van der Waals surface area contributed by atoms with Gasteiger partial charge in [0, 0.05) is 17.9 Å². The predicted octanol–water partition coefficient (Wildman–Crippen LogP) is 7.47. The predicted molar refractivity (Wildman–Crippen MR) is 144 cm³/mol. The van der Waals surface area contributed by atoms with E-state index in [1.54, 1.807) is 0 Å². The van der Waals surface area contributed by atoms with Crippen LogP contribution in [0.3, 0.4) is 0 Å². The Bertz CT molecular complexity index is 1500. The summed E-state index contributed by atoms with van der Waals surface area (Å²) in [5, 5.41) is 5.15. The van der Waals surface area contributed by atoms with Gasteiger partial charge >= 0.3 is 5.97 Å². The average molecular weight is 492 g/mol. The lowest BCUT2D eigenvalue weighted by Gasteiger charge is -2.12. The smallest absolute Gasteiger partial charge is 0.331 e. The highest BCUT2D eigenvalue weighted by molar-refractivity contribution is 6.09. The van der Waals surface area contributed by atoms with Gasteiger partial charge in [0.05, 0.1) is 5.71 Å². The summed E-state index contributed by atoms with van der Waals surface area (Å²) >= 11 is 0. The summed E-state index contributed by atoms with van der Waals surface area (Å²) in [6.07, 6.45) is 7.75. The van der Waals surface area contributed by atoms with Gasteiger partial charge in [-0.15, -0.1) is 0 Å². The first-order chi connectivity index (χ1) is 18.0. The van der Waals surface area contributed by atoms with Gasteiger partial charge in [0.15, 0.2) is 5.76 Å². The van der Waals surface area contributed by atoms with E-state index < -0.39 is 5.97 Å². The maximum absolute atomic E-state index is 13.2. The Morgan fingerprint density at radius 2 is 1.62 bits per heavy atom. The van der Waals surface area contributed by atoms with E-state index in [2.05, 4.69) is 23.4 Å². The first kappa shape index (κ1) is 23.4. The van der Waals surface area contributed by atoms with Crippen LogP contribution in [-0.4, -0.2) is 17.5 Å². The zero-order valence-electron chi connectivity index (χ0n) is 21.0. The molecule has 2 aliphatic rings. The van der Waals surface area contributed by atoms with Crippen LogP contribution in [0.15, 0.2) is 76.3 Å². The molecule has 0 atom stereocenters. The molecule has 4 aromatic rings. The molecule has 1 aromatic heterocycles. The molecule has 3 aromatic carbocycles. The van der Waals surface area contributed by atoms with Crippen molar-refractivity contribution in [3.63, 3.8) is 0 Å². The molecule has 0 N–H and O–H groups in total. The van der Waals surface area contributed by atoms with Gasteiger partial charge in [0.25, 0.3) is 0 Å². The van der Waals surface area contributed by atoms with Gasteiger partial charge < -0.3 is 9.25 Å². The van der Waals surface area contributed by atoms with Crippen LogP contribution in [-0.2, 0) is 16.1 Å². The fourth-order valence-electron chi connectivity index (χ4n) is 5.77. The van der Waals surface area contributed by atoms with Crippen molar-refractivity contribution >= 4 is 28.4 Å². The first-order valence-electron chi connectivity index (χ1n) is 13.1. The molecule has 0 bridgehead atoms. The molecule has 5 heteroatoms.